The highest BCUT2D eigenvalue weighted by atomic mass is 16.5. The first-order chi connectivity index (χ1) is 12.1. The molecule has 2 N–H and O–H groups in total. The number of H-pyrrole nitrogens is 1. The first kappa shape index (κ1) is 17.2. The van der Waals surface area contributed by atoms with Gasteiger partial charge in [0.05, 0.1) is 11.7 Å². The van der Waals surface area contributed by atoms with Crippen LogP contribution in [0.4, 0.5) is 0 Å². The van der Waals surface area contributed by atoms with Crippen LogP contribution in [-0.2, 0) is 9.53 Å². The first-order valence-corrected chi connectivity index (χ1v) is 8.47. The molecule has 3 rings (SSSR count). The van der Waals surface area contributed by atoms with Crippen molar-refractivity contribution in [3.63, 3.8) is 0 Å². The van der Waals surface area contributed by atoms with Gasteiger partial charge in [-0.1, -0.05) is 18.2 Å². The molecule has 1 atom stereocenters. The molecular formula is C18H22N4O3. The number of rotatable bonds is 7. The number of nitrogens with one attached hydrogen (secondary N) is 2. The second kappa shape index (κ2) is 7.48. The third-order valence-electron chi connectivity index (χ3n) is 4.26. The van der Waals surface area contributed by atoms with Crippen LogP contribution in [-0.4, -0.2) is 40.4 Å². The largest absolute Gasteiger partial charge is 0.382 e. The number of aromatic nitrogens is 3. The van der Waals surface area contributed by atoms with Crippen molar-refractivity contribution in [3.05, 3.63) is 40.8 Å². The fourth-order valence-electron chi connectivity index (χ4n) is 3.06. The van der Waals surface area contributed by atoms with E-state index in [9.17, 15) is 9.59 Å². The van der Waals surface area contributed by atoms with Crippen molar-refractivity contribution in [1.29, 1.82) is 0 Å². The van der Waals surface area contributed by atoms with Gasteiger partial charge in [0.2, 0.25) is 5.91 Å². The Bertz CT molecular complexity index is 944. The minimum absolute atomic E-state index is 0.129. The molecule has 7 nitrogen and oxygen atoms in total. The summed E-state index contributed by atoms with van der Waals surface area (Å²) in [5, 5.41) is 10.9. The monoisotopic (exact) mass is 342 g/mol. The predicted octanol–water partition coefficient (Wildman–Crippen LogP) is 1.98. The van der Waals surface area contributed by atoms with Crippen LogP contribution in [0, 0.1) is 0 Å². The maximum absolute atomic E-state index is 12.6. The fraction of sp³-hybridized carbons (Fsp3) is 0.389. The molecule has 0 saturated heterocycles. The number of amides is 1. The van der Waals surface area contributed by atoms with Crippen LogP contribution in [0.5, 0.6) is 0 Å². The van der Waals surface area contributed by atoms with Crippen molar-refractivity contribution in [1.82, 2.24) is 20.1 Å². The fourth-order valence-corrected chi connectivity index (χ4v) is 3.06. The van der Waals surface area contributed by atoms with Crippen LogP contribution < -0.4 is 10.9 Å². The predicted molar refractivity (Wildman–Crippen MR) is 96.7 cm³/mol. The molecule has 2 aromatic heterocycles. The third-order valence-corrected chi connectivity index (χ3v) is 4.26. The van der Waals surface area contributed by atoms with Gasteiger partial charge in [0, 0.05) is 30.5 Å². The Morgan fingerprint density at radius 2 is 2.16 bits per heavy atom. The molecule has 3 aromatic rings. The molecule has 7 heteroatoms. The number of carbonyl (C=O) groups excluding carboxylic acids is 1. The van der Waals surface area contributed by atoms with Crippen LogP contribution in [0.1, 0.15) is 26.3 Å². The van der Waals surface area contributed by atoms with Gasteiger partial charge >= 0.3 is 0 Å². The number of carbonyl (C=O) groups is 1. The van der Waals surface area contributed by atoms with Crippen molar-refractivity contribution in [2.75, 3.05) is 19.8 Å². The summed E-state index contributed by atoms with van der Waals surface area (Å²) >= 11 is 0. The van der Waals surface area contributed by atoms with Crippen molar-refractivity contribution in [2.45, 2.75) is 26.3 Å². The molecule has 0 saturated carbocycles. The smallest absolute Gasteiger partial charge is 0.288 e. The number of hydrogen-bond acceptors (Lipinski definition) is 4. The number of nitrogens with zero attached hydrogens (tertiary/aromatic N) is 2. The topological polar surface area (TPSA) is 89.0 Å². The van der Waals surface area contributed by atoms with E-state index < -0.39 is 6.04 Å². The number of fused-ring (bicyclic) bond motifs is 3. The second-order valence-electron chi connectivity index (χ2n) is 5.87. The molecule has 0 aliphatic rings. The van der Waals surface area contributed by atoms with Gasteiger partial charge in [0.15, 0.2) is 0 Å². The zero-order valence-electron chi connectivity index (χ0n) is 14.4. The number of hydrogen-bond donors (Lipinski definition) is 2. The molecule has 0 spiro atoms. The van der Waals surface area contributed by atoms with Crippen LogP contribution in [0.15, 0.2) is 35.3 Å². The zero-order valence-corrected chi connectivity index (χ0v) is 14.4. The lowest BCUT2D eigenvalue weighted by Gasteiger charge is -2.16. The molecule has 132 valence electrons. The van der Waals surface area contributed by atoms with Crippen molar-refractivity contribution in [2.24, 2.45) is 0 Å². The zero-order chi connectivity index (χ0) is 17.8. The third kappa shape index (κ3) is 3.28. The molecule has 0 aliphatic heterocycles. The first-order valence-electron chi connectivity index (χ1n) is 8.47. The Balaban J connectivity index is 1.94. The van der Waals surface area contributed by atoms with Gasteiger partial charge < -0.3 is 14.6 Å². The molecule has 1 amide bonds. The Kier molecular flexibility index (Phi) is 5.14. The minimum atomic E-state index is -0.516. The Morgan fingerprint density at radius 3 is 2.96 bits per heavy atom. The summed E-state index contributed by atoms with van der Waals surface area (Å²) in [4.78, 5) is 24.9. The lowest BCUT2D eigenvalue weighted by molar-refractivity contribution is -0.123. The van der Waals surface area contributed by atoms with Gasteiger partial charge in [-0.15, -0.1) is 0 Å². The summed E-state index contributed by atoms with van der Waals surface area (Å²) in [7, 11) is 0. The lowest BCUT2D eigenvalue weighted by Crippen LogP contribution is -2.32. The average Bonchev–Trinajstić information content (AvgIpc) is 2.97. The van der Waals surface area contributed by atoms with Gasteiger partial charge in [0.25, 0.3) is 5.56 Å². The average molecular weight is 342 g/mol. The SMILES string of the molecule is CCOCCCNC(=O)C(C)n1c2ccccc2c2cn[nH]c(=O)c21. The van der Waals surface area contributed by atoms with Gasteiger partial charge in [0.1, 0.15) is 11.6 Å². The van der Waals surface area contributed by atoms with E-state index in [2.05, 4.69) is 15.5 Å². The van der Waals surface area contributed by atoms with E-state index in [1.165, 1.54) is 0 Å². The molecule has 2 heterocycles. The summed E-state index contributed by atoms with van der Waals surface area (Å²) in [6.07, 6.45) is 2.38. The van der Waals surface area contributed by atoms with Crippen LogP contribution in [0.2, 0.25) is 0 Å². The van der Waals surface area contributed by atoms with Crippen LogP contribution >= 0.6 is 0 Å². The highest BCUT2D eigenvalue weighted by molar-refractivity contribution is 6.08. The summed E-state index contributed by atoms with van der Waals surface area (Å²) in [5.74, 6) is -0.129. The van der Waals surface area contributed by atoms with E-state index in [0.717, 1.165) is 22.7 Å². The van der Waals surface area contributed by atoms with E-state index in [1.807, 2.05) is 31.2 Å². The molecule has 1 unspecified atom stereocenters. The van der Waals surface area contributed by atoms with Gasteiger partial charge in [-0.3, -0.25) is 9.59 Å². The maximum Gasteiger partial charge on any atom is 0.288 e. The highest BCUT2D eigenvalue weighted by Gasteiger charge is 2.22. The lowest BCUT2D eigenvalue weighted by atomic mass is 10.2. The van der Waals surface area contributed by atoms with Crippen molar-refractivity contribution in [3.8, 4) is 0 Å². The Labute approximate surface area is 145 Å². The molecule has 25 heavy (non-hydrogen) atoms. The van der Waals surface area contributed by atoms with E-state index in [-0.39, 0.29) is 11.5 Å². The number of benzene rings is 1. The Hall–Kier alpha value is -2.67. The van der Waals surface area contributed by atoms with Gasteiger partial charge in [-0.25, -0.2) is 5.10 Å². The number of para-hydroxylation sites is 1. The maximum atomic E-state index is 12.6. The molecule has 0 fully saturated rings. The van der Waals surface area contributed by atoms with Gasteiger partial charge in [-0.2, -0.15) is 5.10 Å². The van der Waals surface area contributed by atoms with Crippen molar-refractivity contribution >= 4 is 27.7 Å². The summed E-state index contributed by atoms with van der Waals surface area (Å²) in [6, 6.07) is 7.13. The highest BCUT2D eigenvalue weighted by Crippen LogP contribution is 2.29. The summed E-state index contributed by atoms with van der Waals surface area (Å²) in [5.41, 5.74) is 1.01. The molecule has 1 aromatic carbocycles. The van der Waals surface area contributed by atoms with Crippen molar-refractivity contribution < 1.29 is 9.53 Å². The minimum Gasteiger partial charge on any atom is -0.382 e. The summed E-state index contributed by atoms with van der Waals surface area (Å²) < 4.78 is 7.05. The van der Waals surface area contributed by atoms with E-state index >= 15 is 0 Å². The van der Waals surface area contributed by atoms with Crippen LogP contribution in [0.3, 0.4) is 0 Å². The van der Waals surface area contributed by atoms with Gasteiger partial charge in [-0.05, 0) is 26.3 Å². The van der Waals surface area contributed by atoms with Crippen LogP contribution in [0.25, 0.3) is 21.8 Å². The van der Waals surface area contributed by atoms with E-state index in [4.69, 9.17) is 4.74 Å². The normalized spacial score (nSPS) is 12.6. The summed E-state index contributed by atoms with van der Waals surface area (Å²) in [6.45, 7) is 5.56. The van der Waals surface area contributed by atoms with E-state index in [1.54, 1.807) is 17.7 Å². The second-order valence-corrected chi connectivity index (χ2v) is 5.87. The molecular weight excluding hydrogens is 320 g/mol. The Morgan fingerprint density at radius 1 is 1.36 bits per heavy atom. The quantitative estimate of drug-likeness (QED) is 0.643. The number of aromatic amines is 1. The van der Waals surface area contributed by atoms with E-state index in [0.29, 0.717) is 25.3 Å². The molecule has 0 radical (unpaired) electrons. The number of ether oxygens (including phenoxy) is 1. The molecule has 0 bridgehead atoms. The standard InChI is InChI=1S/C18H22N4O3/c1-3-25-10-6-9-19-17(23)12(2)22-15-8-5-4-7-13(15)14-11-20-21-18(24)16(14)22/h4-5,7-8,11-12H,3,6,9-10H2,1-2H3,(H,19,23)(H,21,24). The molecule has 0 aliphatic carbocycles.